The van der Waals surface area contributed by atoms with Crippen LogP contribution in [0.2, 0.25) is 0 Å². The van der Waals surface area contributed by atoms with Crippen molar-refractivity contribution in [3.8, 4) is 0 Å². The van der Waals surface area contributed by atoms with Crippen LogP contribution in [0.3, 0.4) is 0 Å². The van der Waals surface area contributed by atoms with Crippen LogP contribution in [0.1, 0.15) is 26.8 Å². The second-order valence-electron chi connectivity index (χ2n) is 6.31. The third-order valence-electron chi connectivity index (χ3n) is 4.69. The summed E-state index contributed by atoms with van der Waals surface area (Å²) in [5.41, 5.74) is 0.917. The Hall–Kier alpha value is -2.68. The first kappa shape index (κ1) is 18.1. The molecule has 3 heterocycles. The lowest BCUT2D eigenvalue weighted by Crippen LogP contribution is -2.40. The molecular formula is C17H24N6O3. The fourth-order valence-corrected chi connectivity index (χ4v) is 3.08. The highest BCUT2D eigenvalue weighted by Crippen LogP contribution is 2.29. The molecule has 0 radical (unpaired) electrons. The molecule has 0 saturated carbocycles. The van der Waals surface area contributed by atoms with Crippen molar-refractivity contribution in [3.05, 3.63) is 33.0 Å². The highest BCUT2D eigenvalue weighted by molar-refractivity contribution is 5.91. The van der Waals surface area contributed by atoms with Crippen LogP contribution in [-0.4, -0.2) is 44.7 Å². The summed E-state index contributed by atoms with van der Waals surface area (Å²) in [4.78, 5) is 30.3. The van der Waals surface area contributed by atoms with Crippen molar-refractivity contribution in [2.24, 2.45) is 12.1 Å². The van der Waals surface area contributed by atoms with E-state index in [-0.39, 0.29) is 23.8 Å². The zero-order chi connectivity index (χ0) is 19.0. The highest BCUT2D eigenvalue weighted by atomic mass is 16.5. The summed E-state index contributed by atoms with van der Waals surface area (Å²) in [6, 6.07) is -0.130. The number of fused-ring (bicyclic) bond motifs is 3. The molecule has 1 aliphatic heterocycles. The Morgan fingerprint density at radius 2 is 2.04 bits per heavy atom. The first-order valence-corrected chi connectivity index (χ1v) is 8.56. The molecule has 3 rings (SSSR count). The zero-order valence-corrected chi connectivity index (χ0v) is 15.8. The molecule has 1 atom stereocenters. The van der Waals surface area contributed by atoms with E-state index < -0.39 is 0 Å². The molecule has 2 aromatic heterocycles. The fourth-order valence-electron chi connectivity index (χ4n) is 3.08. The molecule has 0 bridgehead atoms. The first-order valence-electron chi connectivity index (χ1n) is 8.56. The maximum Gasteiger partial charge on any atom is 0.332 e. The van der Waals surface area contributed by atoms with Gasteiger partial charge < -0.3 is 4.74 Å². The monoisotopic (exact) mass is 360 g/mol. The maximum absolute atomic E-state index is 13.1. The van der Waals surface area contributed by atoms with Crippen molar-refractivity contribution in [3.63, 3.8) is 0 Å². The van der Waals surface area contributed by atoms with Gasteiger partial charge in [-0.05, 0) is 20.8 Å². The standard InChI is InChI=1S/C17H24N6O3/c1-6-7-8-21-15(24)13-14(20(4)17(21)25)18-16-22(9-10-26-5)19-11(2)12(3)23(13)16/h6-7,12H,8-10H2,1-5H3/b7-6+. The molecule has 0 amide bonds. The molecule has 0 saturated heterocycles. The second-order valence-corrected chi connectivity index (χ2v) is 6.31. The van der Waals surface area contributed by atoms with E-state index in [0.717, 1.165) is 5.71 Å². The second kappa shape index (κ2) is 6.91. The Morgan fingerprint density at radius 1 is 1.31 bits per heavy atom. The van der Waals surface area contributed by atoms with Crippen LogP contribution in [0.15, 0.2) is 26.8 Å². The number of nitrogens with zero attached hydrogens (tertiary/aromatic N) is 6. The predicted octanol–water partition coefficient (Wildman–Crippen LogP) is 0.876. The van der Waals surface area contributed by atoms with Gasteiger partial charge in [0.25, 0.3) is 5.56 Å². The Labute approximate surface area is 150 Å². The molecule has 0 aliphatic carbocycles. The van der Waals surface area contributed by atoms with Gasteiger partial charge in [0.05, 0.1) is 24.9 Å². The topological polar surface area (TPSA) is 86.7 Å². The number of aromatic nitrogens is 4. The summed E-state index contributed by atoms with van der Waals surface area (Å²) in [6.07, 6.45) is 3.59. The van der Waals surface area contributed by atoms with Gasteiger partial charge in [0.2, 0.25) is 5.95 Å². The number of methoxy groups -OCH3 is 1. The molecule has 140 valence electrons. The predicted molar refractivity (Wildman–Crippen MR) is 101 cm³/mol. The smallest absolute Gasteiger partial charge is 0.332 e. The van der Waals surface area contributed by atoms with Crippen LogP contribution in [0, 0.1) is 0 Å². The highest BCUT2D eigenvalue weighted by Gasteiger charge is 2.30. The quantitative estimate of drug-likeness (QED) is 0.739. The molecule has 1 unspecified atom stereocenters. The average Bonchev–Trinajstić information content (AvgIpc) is 3.03. The van der Waals surface area contributed by atoms with Crippen LogP contribution < -0.4 is 16.3 Å². The zero-order valence-electron chi connectivity index (χ0n) is 15.8. The number of aryl methyl sites for hydroxylation is 1. The largest absolute Gasteiger partial charge is 0.383 e. The summed E-state index contributed by atoms with van der Waals surface area (Å²) < 4.78 is 9.66. The third kappa shape index (κ3) is 2.68. The van der Waals surface area contributed by atoms with Gasteiger partial charge in [-0.25, -0.2) is 9.80 Å². The molecular weight excluding hydrogens is 336 g/mol. The summed E-state index contributed by atoms with van der Waals surface area (Å²) in [5, 5.41) is 6.29. The van der Waals surface area contributed by atoms with Crippen molar-refractivity contribution in [2.75, 3.05) is 25.3 Å². The molecule has 26 heavy (non-hydrogen) atoms. The summed E-state index contributed by atoms with van der Waals surface area (Å²) in [6.45, 7) is 6.94. The van der Waals surface area contributed by atoms with Crippen LogP contribution in [0.5, 0.6) is 0 Å². The molecule has 1 aliphatic rings. The molecule has 0 spiro atoms. The lowest BCUT2D eigenvalue weighted by atomic mass is 10.2. The Bertz CT molecular complexity index is 1010. The minimum Gasteiger partial charge on any atom is -0.383 e. The third-order valence-corrected chi connectivity index (χ3v) is 4.69. The van der Waals surface area contributed by atoms with Gasteiger partial charge in [-0.1, -0.05) is 12.2 Å². The summed E-state index contributed by atoms with van der Waals surface area (Å²) in [5.74, 6) is 0.547. The number of allylic oxidation sites excluding steroid dienone is 2. The minimum atomic E-state index is -0.384. The average molecular weight is 360 g/mol. The number of hydrazone groups is 1. The molecule has 9 nitrogen and oxygen atoms in total. The Balaban J connectivity index is 2.32. The van der Waals surface area contributed by atoms with Crippen molar-refractivity contribution < 1.29 is 4.74 Å². The van der Waals surface area contributed by atoms with Gasteiger partial charge in [-0.15, -0.1) is 0 Å². The first-order chi connectivity index (χ1) is 12.4. The maximum atomic E-state index is 13.1. The van der Waals surface area contributed by atoms with Gasteiger partial charge in [0.15, 0.2) is 11.2 Å². The number of ether oxygens (including phenoxy) is 1. The van der Waals surface area contributed by atoms with E-state index >= 15 is 0 Å². The van der Waals surface area contributed by atoms with Gasteiger partial charge >= 0.3 is 5.69 Å². The van der Waals surface area contributed by atoms with Crippen LogP contribution in [0.4, 0.5) is 5.95 Å². The van der Waals surface area contributed by atoms with Gasteiger partial charge in [-0.3, -0.25) is 18.5 Å². The van der Waals surface area contributed by atoms with Crippen molar-refractivity contribution in [1.82, 2.24) is 18.7 Å². The van der Waals surface area contributed by atoms with E-state index in [2.05, 4.69) is 10.1 Å². The van der Waals surface area contributed by atoms with Crippen LogP contribution in [0.25, 0.3) is 11.2 Å². The van der Waals surface area contributed by atoms with Gasteiger partial charge in [0.1, 0.15) is 0 Å². The molecule has 0 aromatic carbocycles. The number of hydrogen-bond acceptors (Lipinski definition) is 6. The number of hydrogen-bond donors (Lipinski definition) is 0. The van der Waals surface area contributed by atoms with Crippen molar-refractivity contribution >= 4 is 22.8 Å². The molecule has 9 heteroatoms. The molecule has 0 fully saturated rings. The number of rotatable bonds is 5. The van der Waals surface area contributed by atoms with Crippen LogP contribution >= 0.6 is 0 Å². The normalized spacial score (nSPS) is 17.2. The van der Waals surface area contributed by atoms with E-state index in [0.29, 0.717) is 30.3 Å². The van der Waals surface area contributed by atoms with Crippen molar-refractivity contribution in [1.29, 1.82) is 0 Å². The van der Waals surface area contributed by atoms with Crippen LogP contribution in [-0.2, 0) is 18.3 Å². The number of imidazole rings is 1. The Kier molecular flexibility index (Phi) is 4.82. The SMILES string of the molecule is C/C=C/Cn1c(=O)c2c(nc3n2C(C)C(C)=NN3CCOC)n(C)c1=O. The lowest BCUT2D eigenvalue weighted by molar-refractivity contribution is 0.204. The van der Waals surface area contributed by atoms with E-state index in [1.54, 1.807) is 25.2 Å². The van der Waals surface area contributed by atoms with E-state index in [4.69, 9.17) is 4.74 Å². The minimum absolute atomic E-state index is 0.130. The fraction of sp³-hybridized carbons (Fsp3) is 0.529. The lowest BCUT2D eigenvalue weighted by Gasteiger charge is -2.28. The summed E-state index contributed by atoms with van der Waals surface area (Å²) in [7, 11) is 3.25. The number of anilines is 1. The Morgan fingerprint density at radius 3 is 2.69 bits per heavy atom. The van der Waals surface area contributed by atoms with Crippen molar-refractivity contribution in [2.45, 2.75) is 33.4 Å². The van der Waals surface area contributed by atoms with Gasteiger partial charge in [-0.2, -0.15) is 10.1 Å². The molecule has 2 aromatic rings. The van der Waals surface area contributed by atoms with E-state index in [1.807, 2.05) is 31.4 Å². The molecule has 0 N–H and O–H groups in total. The van der Waals surface area contributed by atoms with E-state index in [1.165, 1.54) is 9.13 Å². The summed E-state index contributed by atoms with van der Waals surface area (Å²) >= 11 is 0. The van der Waals surface area contributed by atoms with Gasteiger partial charge in [0, 0.05) is 20.7 Å². The van der Waals surface area contributed by atoms with E-state index in [9.17, 15) is 9.59 Å².